The molecule has 21 heavy (non-hydrogen) atoms. The highest BCUT2D eigenvalue weighted by Gasteiger charge is 2.12. The summed E-state index contributed by atoms with van der Waals surface area (Å²) in [4.78, 5) is 0. The van der Waals surface area contributed by atoms with Crippen LogP contribution in [0.15, 0.2) is 36.4 Å². The van der Waals surface area contributed by atoms with Crippen molar-refractivity contribution in [3.8, 4) is 11.5 Å². The number of nitrogens with two attached hydrogens (primary N) is 1. The molecule has 0 spiro atoms. The van der Waals surface area contributed by atoms with Gasteiger partial charge >= 0.3 is 0 Å². The lowest BCUT2D eigenvalue weighted by atomic mass is 10.2. The molecular weight excluding hydrogens is 319 g/mol. The average molecular weight is 331 g/mol. The lowest BCUT2D eigenvalue weighted by molar-refractivity contribution is 0.483. The minimum absolute atomic E-state index is 0.0239. The van der Waals surface area contributed by atoms with Crippen molar-refractivity contribution in [2.75, 3.05) is 16.7 Å². The molecule has 3 N–H and O–H groups in total. The minimum Gasteiger partial charge on any atom is -0.454 e. The van der Waals surface area contributed by atoms with Gasteiger partial charge in [-0.15, -0.1) is 0 Å². The van der Waals surface area contributed by atoms with Gasteiger partial charge in [-0.25, -0.2) is 12.8 Å². The van der Waals surface area contributed by atoms with Gasteiger partial charge in [-0.1, -0.05) is 23.7 Å². The summed E-state index contributed by atoms with van der Waals surface area (Å²) in [5, 5.41) is 0.0239. The maximum atomic E-state index is 13.2. The third-order valence-electron chi connectivity index (χ3n) is 2.45. The van der Waals surface area contributed by atoms with Crippen LogP contribution >= 0.6 is 11.6 Å². The van der Waals surface area contributed by atoms with Gasteiger partial charge in [0, 0.05) is 6.07 Å². The molecular formula is C13H12ClFN2O3S. The second-order valence-electron chi connectivity index (χ2n) is 4.28. The van der Waals surface area contributed by atoms with Crippen molar-refractivity contribution in [2.45, 2.75) is 0 Å². The molecule has 0 radical (unpaired) electrons. The Morgan fingerprint density at radius 1 is 1.24 bits per heavy atom. The second-order valence-corrected chi connectivity index (χ2v) is 6.43. The first-order chi connectivity index (χ1) is 9.76. The maximum Gasteiger partial charge on any atom is 0.229 e. The number of para-hydroxylation sites is 2. The number of nitrogen functional groups attached to an aromatic ring is 1. The molecule has 2 aromatic carbocycles. The van der Waals surface area contributed by atoms with Gasteiger partial charge in [-0.2, -0.15) is 0 Å². The zero-order valence-corrected chi connectivity index (χ0v) is 12.5. The van der Waals surface area contributed by atoms with Crippen LogP contribution in [0.25, 0.3) is 0 Å². The fourth-order valence-corrected chi connectivity index (χ4v) is 2.34. The van der Waals surface area contributed by atoms with E-state index in [1.165, 1.54) is 12.1 Å². The number of benzene rings is 2. The van der Waals surface area contributed by atoms with Crippen LogP contribution in [0.1, 0.15) is 0 Å². The van der Waals surface area contributed by atoms with Crippen molar-refractivity contribution in [2.24, 2.45) is 0 Å². The van der Waals surface area contributed by atoms with Crippen LogP contribution in [-0.2, 0) is 10.0 Å². The van der Waals surface area contributed by atoms with E-state index in [-0.39, 0.29) is 27.9 Å². The van der Waals surface area contributed by atoms with Gasteiger partial charge < -0.3 is 10.5 Å². The van der Waals surface area contributed by atoms with Crippen molar-refractivity contribution in [3.05, 3.63) is 47.2 Å². The van der Waals surface area contributed by atoms with Crippen LogP contribution in [0, 0.1) is 5.82 Å². The Hall–Kier alpha value is -1.99. The molecule has 0 aliphatic heterocycles. The predicted octanol–water partition coefficient (Wildman–Crippen LogP) is 3.23. The Kier molecular flexibility index (Phi) is 4.24. The van der Waals surface area contributed by atoms with Crippen LogP contribution in [0.4, 0.5) is 15.8 Å². The third kappa shape index (κ3) is 3.99. The van der Waals surface area contributed by atoms with E-state index >= 15 is 0 Å². The highest BCUT2D eigenvalue weighted by atomic mass is 35.5. The molecule has 0 bridgehead atoms. The van der Waals surface area contributed by atoms with E-state index in [9.17, 15) is 12.8 Å². The SMILES string of the molecule is CS(=O)(=O)Nc1ccccc1Oc1cc(N)c(F)cc1Cl. The zero-order chi connectivity index (χ0) is 15.6. The van der Waals surface area contributed by atoms with Crippen LogP contribution in [0.2, 0.25) is 5.02 Å². The number of nitrogens with one attached hydrogen (secondary N) is 1. The number of hydrogen-bond acceptors (Lipinski definition) is 4. The lowest BCUT2D eigenvalue weighted by Crippen LogP contribution is -2.10. The van der Waals surface area contributed by atoms with Crippen LogP contribution in [-0.4, -0.2) is 14.7 Å². The third-order valence-corrected chi connectivity index (χ3v) is 3.34. The summed E-state index contributed by atoms with van der Waals surface area (Å²) in [5.41, 5.74) is 5.57. The number of ether oxygens (including phenoxy) is 1. The van der Waals surface area contributed by atoms with Crippen molar-refractivity contribution in [1.29, 1.82) is 0 Å². The fraction of sp³-hybridized carbons (Fsp3) is 0.0769. The standard InChI is InChI=1S/C13H12ClFN2O3S/c1-21(18,19)17-11-4-2-3-5-12(11)20-13-7-10(16)9(15)6-8(13)14/h2-7,17H,16H2,1H3. The van der Waals surface area contributed by atoms with E-state index in [1.54, 1.807) is 18.2 Å². The Labute approximate surface area is 126 Å². The Morgan fingerprint density at radius 3 is 2.57 bits per heavy atom. The van der Waals surface area contributed by atoms with Crippen molar-refractivity contribution < 1.29 is 17.5 Å². The fourth-order valence-electron chi connectivity index (χ4n) is 1.58. The molecule has 5 nitrogen and oxygen atoms in total. The van der Waals surface area contributed by atoms with Crippen molar-refractivity contribution in [1.82, 2.24) is 0 Å². The molecule has 0 aliphatic carbocycles. The van der Waals surface area contributed by atoms with Gasteiger partial charge in [0.05, 0.1) is 22.7 Å². The van der Waals surface area contributed by atoms with Crippen molar-refractivity contribution >= 4 is 33.0 Å². The number of anilines is 2. The summed E-state index contributed by atoms with van der Waals surface area (Å²) in [7, 11) is -3.46. The minimum atomic E-state index is -3.46. The molecule has 0 atom stereocenters. The van der Waals surface area contributed by atoms with Gasteiger partial charge in [-0.3, -0.25) is 4.72 Å². The predicted molar refractivity (Wildman–Crippen MR) is 80.8 cm³/mol. The first-order valence-corrected chi connectivity index (χ1v) is 8.02. The summed E-state index contributed by atoms with van der Waals surface area (Å²) in [5.74, 6) is -0.316. The summed E-state index contributed by atoms with van der Waals surface area (Å²) >= 11 is 5.88. The van der Waals surface area contributed by atoms with E-state index < -0.39 is 15.8 Å². The van der Waals surface area contributed by atoms with Gasteiger partial charge in [0.25, 0.3) is 0 Å². The molecule has 2 aromatic rings. The van der Waals surface area contributed by atoms with Gasteiger partial charge in [0.15, 0.2) is 5.75 Å². The number of halogens is 2. The van der Waals surface area contributed by atoms with E-state index in [4.69, 9.17) is 22.1 Å². The lowest BCUT2D eigenvalue weighted by Gasteiger charge is -2.13. The van der Waals surface area contributed by atoms with Crippen molar-refractivity contribution in [3.63, 3.8) is 0 Å². The molecule has 8 heteroatoms. The summed E-state index contributed by atoms with van der Waals surface area (Å²) in [6.07, 6.45) is 1.02. The molecule has 0 amide bonds. The first-order valence-electron chi connectivity index (χ1n) is 5.75. The Morgan fingerprint density at radius 2 is 1.90 bits per heavy atom. The summed E-state index contributed by atoms with van der Waals surface area (Å²) < 4.78 is 43.7. The number of sulfonamides is 1. The largest absolute Gasteiger partial charge is 0.454 e. The smallest absolute Gasteiger partial charge is 0.229 e. The zero-order valence-electron chi connectivity index (χ0n) is 10.9. The van der Waals surface area contributed by atoms with Crippen LogP contribution < -0.4 is 15.2 Å². The van der Waals surface area contributed by atoms with Crippen LogP contribution in [0.5, 0.6) is 11.5 Å². The average Bonchev–Trinajstić information content (AvgIpc) is 2.36. The molecule has 0 fully saturated rings. The second kappa shape index (κ2) is 5.79. The topological polar surface area (TPSA) is 81.4 Å². The molecule has 0 saturated heterocycles. The molecule has 0 aromatic heterocycles. The number of rotatable bonds is 4. The quantitative estimate of drug-likeness (QED) is 0.843. The summed E-state index contributed by atoms with van der Waals surface area (Å²) in [6.45, 7) is 0. The van der Waals surface area contributed by atoms with Gasteiger partial charge in [0.2, 0.25) is 10.0 Å². The molecule has 0 saturated carbocycles. The highest BCUT2D eigenvalue weighted by Crippen LogP contribution is 2.36. The molecule has 0 heterocycles. The molecule has 0 aliphatic rings. The van der Waals surface area contributed by atoms with Crippen LogP contribution in [0.3, 0.4) is 0 Å². The molecule has 112 valence electrons. The normalized spacial score (nSPS) is 11.2. The maximum absolute atomic E-state index is 13.2. The number of hydrogen-bond donors (Lipinski definition) is 2. The Bertz CT molecular complexity index is 781. The van der Waals surface area contributed by atoms with E-state index in [0.29, 0.717) is 0 Å². The van der Waals surface area contributed by atoms with E-state index in [1.807, 2.05) is 0 Å². The van der Waals surface area contributed by atoms with E-state index in [2.05, 4.69) is 4.72 Å². The first kappa shape index (κ1) is 15.4. The summed E-state index contributed by atoms with van der Waals surface area (Å²) in [6, 6.07) is 8.62. The monoisotopic (exact) mass is 330 g/mol. The highest BCUT2D eigenvalue weighted by molar-refractivity contribution is 7.92. The van der Waals surface area contributed by atoms with Gasteiger partial charge in [0.1, 0.15) is 11.6 Å². The molecule has 0 unspecified atom stereocenters. The van der Waals surface area contributed by atoms with Gasteiger partial charge in [-0.05, 0) is 18.2 Å². The van der Waals surface area contributed by atoms with E-state index in [0.717, 1.165) is 12.3 Å². The Balaban J connectivity index is 2.38. The molecule has 2 rings (SSSR count).